The maximum absolute atomic E-state index is 12.3. The van der Waals surface area contributed by atoms with Crippen LogP contribution < -0.4 is 5.32 Å². The molecule has 1 atom stereocenters. The molecule has 1 N–H and O–H groups in total. The van der Waals surface area contributed by atoms with Gasteiger partial charge in [-0.2, -0.15) is 0 Å². The molecule has 1 aromatic heterocycles. The van der Waals surface area contributed by atoms with E-state index in [0.29, 0.717) is 18.9 Å². The maximum atomic E-state index is 12.3. The number of nitrogens with zero attached hydrogens (tertiary/aromatic N) is 2. The summed E-state index contributed by atoms with van der Waals surface area (Å²) in [6, 6.07) is 1.54. The van der Waals surface area contributed by atoms with E-state index in [1.165, 1.54) is 19.4 Å². The number of methoxy groups -OCH3 is 1. The van der Waals surface area contributed by atoms with Crippen LogP contribution in [0.25, 0.3) is 0 Å². The van der Waals surface area contributed by atoms with Gasteiger partial charge < -0.3 is 14.8 Å². The Hall–Kier alpha value is -2.02. The van der Waals surface area contributed by atoms with Gasteiger partial charge >= 0.3 is 5.97 Å². The molecular formula is C14H19N3O4. The van der Waals surface area contributed by atoms with E-state index in [-0.39, 0.29) is 30.6 Å². The first-order chi connectivity index (χ1) is 10.0. The quantitative estimate of drug-likeness (QED) is 0.819. The molecule has 7 nitrogen and oxygen atoms in total. The van der Waals surface area contributed by atoms with Crippen LogP contribution in [0.15, 0.2) is 12.3 Å². The van der Waals surface area contributed by atoms with Crippen LogP contribution >= 0.6 is 0 Å². The Morgan fingerprint density at radius 2 is 2.33 bits per heavy atom. The van der Waals surface area contributed by atoms with Crippen LogP contribution in [0, 0.1) is 6.92 Å². The molecule has 0 aromatic carbocycles. The Morgan fingerprint density at radius 3 is 2.95 bits per heavy atom. The van der Waals surface area contributed by atoms with Gasteiger partial charge in [0.15, 0.2) is 0 Å². The highest BCUT2D eigenvalue weighted by molar-refractivity contribution is 5.93. The number of carbonyl (C=O) groups is 2. The average molecular weight is 293 g/mol. The summed E-state index contributed by atoms with van der Waals surface area (Å²) < 4.78 is 10.1. The minimum atomic E-state index is -0.735. The summed E-state index contributed by atoms with van der Waals surface area (Å²) >= 11 is 0. The zero-order chi connectivity index (χ0) is 15.3. The molecule has 1 aliphatic heterocycles. The lowest BCUT2D eigenvalue weighted by Crippen LogP contribution is -2.55. The van der Waals surface area contributed by atoms with E-state index >= 15 is 0 Å². The van der Waals surface area contributed by atoms with Crippen LogP contribution in [0.3, 0.4) is 0 Å². The van der Waals surface area contributed by atoms with E-state index in [2.05, 4.69) is 15.3 Å². The predicted molar refractivity (Wildman–Crippen MR) is 73.7 cm³/mol. The van der Waals surface area contributed by atoms with Crippen molar-refractivity contribution >= 4 is 11.9 Å². The summed E-state index contributed by atoms with van der Waals surface area (Å²) in [5, 5.41) is 2.89. The molecule has 0 radical (unpaired) electrons. The van der Waals surface area contributed by atoms with Crippen LogP contribution in [0.4, 0.5) is 0 Å². The molecule has 1 fully saturated rings. The molecule has 1 aliphatic rings. The van der Waals surface area contributed by atoms with Crippen LogP contribution in [-0.2, 0) is 14.3 Å². The van der Waals surface area contributed by atoms with E-state index in [1.807, 2.05) is 0 Å². The summed E-state index contributed by atoms with van der Waals surface area (Å²) in [6.07, 6.45) is 3.05. The summed E-state index contributed by atoms with van der Waals surface area (Å²) in [4.78, 5) is 32.0. The van der Waals surface area contributed by atoms with Crippen molar-refractivity contribution in [3.05, 3.63) is 23.8 Å². The second kappa shape index (κ2) is 6.62. The Balaban J connectivity index is 2.14. The molecule has 1 amide bonds. The van der Waals surface area contributed by atoms with Gasteiger partial charge in [0.1, 0.15) is 11.5 Å². The fourth-order valence-corrected chi connectivity index (χ4v) is 2.37. The molecule has 1 aromatic rings. The average Bonchev–Trinajstić information content (AvgIpc) is 2.47. The Bertz CT molecular complexity index is 527. The van der Waals surface area contributed by atoms with E-state index in [1.54, 1.807) is 6.92 Å². The highest BCUT2D eigenvalue weighted by Gasteiger charge is 2.37. The molecule has 21 heavy (non-hydrogen) atoms. The number of ether oxygens (including phenoxy) is 2. The van der Waals surface area contributed by atoms with Gasteiger partial charge in [-0.3, -0.25) is 9.59 Å². The lowest BCUT2D eigenvalue weighted by molar-refractivity contribution is -0.143. The second-order valence-electron chi connectivity index (χ2n) is 5.13. The van der Waals surface area contributed by atoms with Gasteiger partial charge in [0.25, 0.3) is 5.91 Å². The van der Waals surface area contributed by atoms with Crippen molar-refractivity contribution in [3.8, 4) is 0 Å². The first-order valence-corrected chi connectivity index (χ1v) is 6.81. The maximum Gasteiger partial charge on any atom is 0.307 e. The zero-order valence-corrected chi connectivity index (χ0v) is 12.2. The fourth-order valence-electron chi connectivity index (χ4n) is 2.37. The largest absolute Gasteiger partial charge is 0.469 e. The molecular weight excluding hydrogens is 274 g/mol. The number of aryl methyl sites for hydroxylation is 1. The van der Waals surface area contributed by atoms with Crippen molar-refractivity contribution in [1.82, 2.24) is 15.3 Å². The lowest BCUT2D eigenvalue weighted by Gasteiger charge is -2.36. The van der Waals surface area contributed by atoms with E-state index in [0.717, 1.165) is 6.42 Å². The highest BCUT2D eigenvalue weighted by Crippen LogP contribution is 2.24. The number of hydrogen-bond acceptors (Lipinski definition) is 6. The predicted octanol–water partition coefficient (Wildman–Crippen LogP) is 0.627. The monoisotopic (exact) mass is 293 g/mol. The fraction of sp³-hybridized carbons (Fsp3) is 0.571. The van der Waals surface area contributed by atoms with Crippen LogP contribution in [0.5, 0.6) is 0 Å². The normalized spacial score (nSPS) is 21.6. The van der Waals surface area contributed by atoms with Crippen molar-refractivity contribution in [2.45, 2.75) is 31.7 Å². The van der Waals surface area contributed by atoms with Crippen molar-refractivity contribution in [2.24, 2.45) is 0 Å². The third kappa shape index (κ3) is 3.98. The minimum absolute atomic E-state index is 0.0826. The number of esters is 1. The standard InChI is InChI=1S/C14H19N3O4/c1-10-15-6-4-11(16-10)13(19)17-14(8-12(18)20-2)5-3-7-21-9-14/h4,6H,3,5,7-9H2,1-2H3,(H,17,19)/t14-/m0/s1. The SMILES string of the molecule is COC(=O)C[C@@]1(NC(=O)c2ccnc(C)n2)CCCOC1. The summed E-state index contributed by atoms with van der Waals surface area (Å²) in [6.45, 7) is 2.63. The number of hydrogen-bond donors (Lipinski definition) is 1. The van der Waals surface area contributed by atoms with Crippen molar-refractivity contribution in [2.75, 3.05) is 20.3 Å². The van der Waals surface area contributed by atoms with E-state index in [4.69, 9.17) is 9.47 Å². The Morgan fingerprint density at radius 1 is 1.52 bits per heavy atom. The molecule has 1 saturated heterocycles. The summed E-state index contributed by atoms with van der Waals surface area (Å²) in [5.74, 6) is -0.195. The van der Waals surface area contributed by atoms with Gasteiger partial charge in [-0.05, 0) is 25.8 Å². The number of nitrogens with one attached hydrogen (secondary N) is 1. The van der Waals surface area contributed by atoms with Gasteiger partial charge in [-0.25, -0.2) is 9.97 Å². The number of aromatic nitrogens is 2. The summed E-state index contributed by atoms with van der Waals surface area (Å²) in [7, 11) is 1.33. The molecule has 0 spiro atoms. The second-order valence-corrected chi connectivity index (χ2v) is 5.13. The topological polar surface area (TPSA) is 90.4 Å². The molecule has 0 saturated carbocycles. The molecule has 114 valence electrons. The molecule has 7 heteroatoms. The summed E-state index contributed by atoms with van der Waals surface area (Å²) in [5.41, 5.74) is -0.460. The molecule has 2 heterocycles. The van der Waals surface area contributed by atoms with Crippen LogP contribution in [0.1, 0.15) is 35.6 Å². The third-order valence-electron chi connectivity index (χ3n) is 3.42. The Labute approximate surface area is 123 Å². The van der Waals surface area contributed by atoms with Crippen LogP contribution in [-0.4, -0.2) is 47.7 Å². The Kier molecular flexibility index (Phi) is 4.85. The molecule has 2 rings (SSSR count). The molecule has 0 unspecified atom stereocenters. The first-order valence-electron chi connectivity index (χ1n) is 6.81. The smallest absolute Gasteiger partial charge is 0.307 e. The van der Waals surface area contributed by atoms with E-state index in [9.17, 15) is 9.59 Å². The highest BCUT2D eigenvalue weighted by atomic mass is 16.5. The lowest BCUT2D eigenvalue weighted by atomic mass is 9.88. The first kappa shape index (κ1) is 15.4. The van der Waals surface area contributed by atoms with Crippen molar-refractivity contribution in [3.63, 3.8) is 0 Å². The molecule has 0 bridgehead atoms. The van der Waals surface area contributed by atoms with Gasteiger partial charge in [0.05, 0.1) is 25.7 Å². The van der Waals surface area contributed by atoms with Gasteiger partial charge in [-0.15, -0.1) is 0 Å². The molecule has 0 aliphatic carbocycles. The minimum Gasteiger partial charge on any atom is -0.469 e. The van der Waals surface area contributed by atoms with Gasteiger partial charge in [-0.1, -0.05) is 0 Å². The number of amides is 1. The zero-order valence-electron chi connectivity index (χ0n) is 12.2. The van der Waals surface area contributed by atoms with Gasteiger partial charge in [0, 0.05) is 12.8 Å². The third-order valence-corrected chi connectivity index (χ3v) is 3.42. The van der Waals surface area contributed by atoms with Gasteiger partial charge in [0.2, 0.25) is 0 Å². The number of rotatable bonds is 4. The van der Waals surface area contributed by atoms with Crippen molar-refractivity contribution < 1.29 is 19.1 Å². The number of carbonyl (C=O) groups excluding carboxylic acids is 2. The van der Waals surface area contributed by atoms with Crippen LogP contribution in [0.2, 0.25) is 0 Å². The van der Waals surface area contributed by atoms with E-state index < -0.39 is 5.54 Å². The van der Waals surface area contributed by atoms with Crippen molar-refractivity contribution in [1.29, 1.82) is 0 Å².